The Morgan fingerprint density at radius 1 is 1.20 bits per heavy atom. The number of methoxy groups -OCH3 is 1. The van der Waals surface area contributed by atoms with E-state index in [1.807, 2.05) is 0 Å². The first-order valence-corrected chi connectivity index (χ1v) is 10.2. The molecule has 0 saturated carbocycles. The fraction of sp³-hybridized carbons (Fsp3) is 0.150. The second-order valence-electron chi connectivity index (χ2n) is 6.17. The molecule has 6 nitrogen and oxygen atoms in total. The van der Waals surface area contributed by atoms with E-state index < -0.39 is 35.1 Å². The van der Waals surface area contributed by atoms with Gasteiger partial charge in [0.1, 0.15) is 5.56 Å². The lowest BCUT2D eigenvalue weighted by molar-refractivity contribution is -0.143. The Morgan fingerprint density at radius 2 is 1.97 bits per heavy atom. The van der Waals surface area contributed by atoms with E-state index in [0.717, 1.165) is 15.9 Å². The fourth-order valence-electron chi connectivity index (χ4n) is 2.73. The maximum absolute atomic E-state index is 13.4. The van der Waals surface area contributed by atoms with Crippen LogP contribution in [-0.2, 0) is 16.1 Å². The second-order valence-corrected chi connectivity index (χ2v) is 8.67. The average Bonchev–Trinajstić information content (AvgIpc) is 3.15. The number of nitrogens with one attached hydrogen (secondary N) is 1. The van der Waals surface area contributed by atoms with Gasteiger partial charge in [-0.3, -0.25) is 9.59 Å². The number of thiophene rings is 1. The van der Waals surface area contributed by atoms with Crippen molar-refractivity contribution in [1.29, 1.82) is 0 Å². The molecule has 0 saturated heterocycles. The Balaban J connectivity index is 1.86. The normalized spacial score (nSPS) is 11.7. The Morgan fingerprint density at radius 3 is 2.60 bits per heavy atom. The van der Waals surface area contributed by atoms with Gasteiger partial charge in [-0.25, -0.2) is 13.6 Å². The highest BCUT2D eigenvalue weighted by Crippen LogP contribution is 2.28. The van der Waals surface area contributed by atoms with Gasteiger partial charge in [-0.2, -0.15) is 0 Å². The maximum Gasteiger partial charge on any atom is 0.333 e. The number of esters is 1. The van der Waals surface area contributed by atoms with Crippen LogP contribution in [0.25, 0.3) is 0 Å². The zero-order valence-corrected chi connectivity index (χ0v) is 17.9. The van der Waals surface area contributed by atoms with Crippen molar-refractivity contribution >= 4 is 39.1 Å². The molecule has 3 rings (SSSR count). The molecule has 0 aliphatic heterocycles. The molecule has 10 heteroatoms. The fourth-order valence-corrected chi connectivity index (χ4v) is 4.19. The average molecular weight is 497 g/mol. The van der Waals surface area contributed by atoms with Crippen LogP contribution in [0.15, 0.2) is 57.2 Å². The van der Waals surface area contributed by atoms with E-state index in [2.05, 4.69) is 21.2 Å². The molecule has 2 heterocycles. The van der Waals surface area contributed by atoms with Gasteiger partial charge in [0.25, 0.3) is 11.5 Å². The second kappa shape index (κ2) is 9.31. The topological polar surface area (TPSA) is 77.4 Å². The number of amides is 1. The Hall–Kier alpha value is -2.85. The van der Waals surface area contributed by atoms with Crippen LogP contribution in [0.3, 0.4) is 0 Å². The molecule has 0 aliphatic rings. The summed E-state index contributed by atoms with van der Waals surface area (Å²) < 4.78 is 33.2. The lowest BCUT2D eigenvalue weighted by Gasteiger charge is -2.15. The van der Waals surface area contributed by atoms with Crippen molar-refractivity contribution in [2.24, 2.45) is 0 Å². The third-order valence-corrected chi connectivity index (χ3v) is 5.88. The number of benzene rings is 1. The summed E-state index contributed by atoms with van der Waals surface area (Å²) in [5, 5.41) is 2.52. The van der Waals surface area contributed by atoms with E-state index in [4.69, 9.17) is 4.74 Å². The molecule has 0 spiro atoms. The van der Waals surface area contributed by atoms with E-state index in [9.17, 15) is 23.2 Å². The SMILES string of the molecule is COC(=O)C(NC(=O)c1cccn(Cc2ccc(F)c(F)c2)c1=O)c1ccc(Br)s1. The zero-order valence-electron chi connectivity index (χ0n) is 15.5. The van der Waals surface area contributed by atoms with Gasteiger partial charge < -0.3 is 14.6 Å². The van der Waals surface area contributed by atoms with Gasteiger partial charge in [0, 0.05) is 11.1 Å². The number of halogens is 3. The largest absolute Gasteiger partial charge is 0.467 e. The highest BCUT2D eigenvalue weighted by molar-refractivity contribution is 9.11. The first-order valence-electron chi connectivity index (χ1n) is 8.57. The Kier molecular flexibility index (Phi) is 6.78. The van der Waals surface area contributed by atoms with Crippen LogP contribution < -0.4 is 10.9 Å². The number of ether oxygens (including phenoxy) is 1. The number of nitrogens with zero attached hydrogens (tertiary/aromatic N) is 1. The monoisotopic (exact) mass is 496 g/mol. The molecule has 2 aromatic heterocycles. The number of aromatic nitrogens is 1. The molecular weight excluding hydrogens is 482 g/mol. The molecule has 156 valence electrons. The van der Waals surface area contributed by atoms with Crippen molar-refractivity contribution in [3.63, 3.8) is 0 Å². The maximum atomic E-state index is 13.4. The molecule has 0 fully saturated rings. The summed E-state index contributed by atoms with van der Waals surface area (Å²) in [4.78, 5) is 38.1. The van der Waals surface area contributed by atoms with Crippen LogP contribution in [0, 0.1) is 11.6 Å². The third-order valence-electron chi connectivity index (χ3n) is 4.19. The molecule has 0 bridgehead atoms. The Labute approximate surface area is 182 Å². The number of hydrogen-bond acceptors (Lipinski definition) is 5. The van der Waals surface area contributed by atoms with E-state index >= 15 is 0 Å². The van der Waals surface area contributed by atoms with Crippen molar-refractivity contribution in [2.75, 3.05) is 7.11 Å². The smallest absolute Gasteiger partial charge is 0.333 e. The van der Waals surface area contributed by atoms with Gasteiger partial charge >= 0.3 is 5.97 Å². The highest BCUT2D eigenvalue weighted by Gasteiger charge is 2.26. The zero-order chi connectivity index (χ0) is 21.8. The molecule has 0 radical (unpaired) electrons. The van der Waals surface area contributed by atoms with Crippen molar-refractivity contribution in [2.45, 2.75) is 12.6 Å². The number of hydrogen-bond donors (Lipinski definition) is 1. The summed E-state index contributed by atoms with van der Waals surface area (Å²) in [6.07, 6.45) is 1.43. The van der Waals surface area contributed by atoms with E-state index in [1.165, 1.54) is 47.4 Å². The summed E-state index contributed by atoms with van der Waals surface area (Å²) in [6.45, 7) is -0.0601. The molecule has 1 unspecified atom stereocenters. The van der Waals surface area contributed by atoms with E-state index in [0.29, 0.717) is 10.4 Å². The highest BCUT2D eigenvalue weighted by atomic mass is 79.9. The first-order chi connectivity index (χ1) is 14.3. The van der Waals surface area contributed by atoms with Gasteiger partial charge in [0.05, 0.1) is 17.4 Å². The van der Waals surface area contributed by atoms with Gasteiger partial charge in [0.15, 0.2) is 17.7 Å². The number of rotatable bonds is 6. The summed E-state index contributed by atoms with van der Waals surface area (Å²) in [7, 11) is 1.20. The van der Waals surface area contributed by atoms with Crippen molar-refractivity contribution in [1.82, 2.24) is 9.88 Å². The number of carbonyl (C=O) groups is 2. The van der Waals surface area contributed by atoms with Crippen LogP contribution in [-0.4, -0.2) is 23.6 Å². The lowest BCUT2D eigenvalue weighted by Crippen LogP contribution is -2.38. The van der Waals surface area contributed by atoms with Gasteiger partial charge in [-0.1, -0.05) is 6.07 Å². The van der Waals surface area contributed by atoms with E-state index in [1.54, 1.807) is 12.1 Å². The van der Waals surface area contributed by atoms with Crippen LogP contribution in [0.5, 0.6) is 0 Å². The third kappa shape index (κ3) is 4.82. The van der Waals surface area contributed by atoms with Crippen LogP contribution >= 0.6 is 27.3 Å². The van der Waals surface area contributed by atoms with Crippen LogP contribution in [0.4, 0.5) is 8.78 Å². The van der Waals surface area contributed by atoms with E-state index in [-0.39, 0.29) is 12.1 Å². The molecule has 3 aromatic rings. The standard InChI is InChI=1S/C20H15BrF2N2O4S/c1-29-20(28)17(15-6-7-16(21)30-15)24-18(26)12-3-2-8-25(19(12)27)10-11-4-5-13(22)14(23)9-11/h2-9,17H,10H2,1H3,(H,24,26). The minimum atomic E-state index is -1.09. The summed E-state index contributed by atoms with van der Waals surface area (Å²) in [5.41, 5.74) is -0.496. The minimum Gasteiger partial charge on any atom is -0.467 e. The van der Waals surface area contributed by atoms with Crippen LogP contribution in [0.2, 0.25) is 0 Å². The molecule has 1 N–H and O–H groups in total. The predicted octanol–water partition coefficient (Wildman–Crippen LogP) is 3.64. The van der Waals surface area contributed by atoms with Gasteiger partial charge in [-0.15, -0.1) is 11.3 Å². The van der Waals surface area contributed by atoms with Gasteiger partial charge in [-0.05, 0) is 57.9 Å². The predicted molar refractivity (Wildman–Crippen MR) is 110 cm³/mol. The summed E-state index contributed by atoms with van der Waals surface area (Å²) >= 11 is 4.53. The van der Waals surface area contributed by atoms with Gasteiger partial charge in [0.2, 0.25) is 0 Å². The number of pyridine rings is 1. The number of carbonyl (C=O) groups excluding carboxylic acids is 2. The summed E-state index contributed by atoms with van der Waals surface area (Å²) in [6, 6.07) is 8.38. The molecule has 1 amide bonds. The van der Waals surface area contributed by atoms with Crippen molar-refractivity contribution < 1.29 is 23.1 Å². The minimum absolute atomic E-state index is 0.0601. The molecule has 0 aliphatic carbocycles. The van der Waals surface area contributed by atoms with Crippen LogP contribution in [0.1, 0.15) is 26.8 Å². The molecular formula is C20H15BrF2N2O4S. The van der Waals surface area contributed by atoms with Crippen molar-refractivity contribution in [3.05, 3.63) is 90.4 Å². The lowest BCUT2D eigenvalue weighted by atomic mass is 10.2. The first kappa shape index (κ1) is 21.8. The molecule has 30 heavy (non-hydrogen) atoms. The Bertz CT molecular complexity index is 1160. The molecule has 1 aromatic carbocycles. The van der Waals surface area contributed by atoms with Crippen molar-refractivity contribution in [3.8, 4) is 0 Å². The summed E-state index contributed by atoms with van der Waals surface area (Å²) in [5.74, 6) is -3.47. The molecule has 1 atom stereocenters. The quantitative estimate of drug-likeness (QED) is 0.528.